The number of rotatable bonds is 4. The first-order valence-electron chi connectivity index (χ1n) is 6.35. The number of nitrogens with two attached hydrogens (primary N) is 1. The van der Waals surface area contributed by atoms with Gasteiger partial charge in [-0.05, 0) is 36.8 Å². The first-order valence-corrected chi connectivity index (χ1v) is 7.15. The van der Waals surface area contributed by atoms with E-state index in [1.165, 1.54) is 0 Å². The molecule has 1 aromatic heterocycles. The number of ether oxygens (including phenoxy) is 1. The monoisotopic (exact) mass is 349 g/mol. The number of hydrogen-bond donors (Lipinski definition) is 2. The topological polar surface area (TPSA) is 77.2 Å². The molecule has 0 aliphatic heterocycles. The summed E-state index contributed by atoms with van der Waals surface area (Å²) in [5.74, 6) is 0.374. The van der Waals surface area contributed by atoms with E-state index in [2.05, 4.69) is 26.2 Å². The molecule has 0 aliphatic carbocycles. The summed E-state index contributed by atoms with van der Waals surface area (Å²) in [5, 5.41) is 2.87. The zero-order chi connectivity index (χ0) is 15.4. The third-order valence-electron chi connectivity index (χ3n) is 3.01. The van der Waals surface area contributed by atoms with Crippen LogP contribution in [0.3, 0.4) is 0 Å². The van der Waals surface area contributed by atoms with Crippen molar-refractivity contribution in [2.75, 3.05) is 12.4 Å². The summed E-state index contributed by atoms with van der Waals surface area (Å²) in [5.41, 5.74) is 8.27. The zero-order valence-corrected chi connectivity index (χ0v) is 13.4. The molecule has 6 heteroatoms. The van der Waals surface area contributed by atoms with Crippen molar-refractivity contribution in [1.29, 1.82) is 0 Å². The minimum absolute atomic E-state index is 0.226. The number of carbonyl (C=O) groups is 1. The molecule has 0 aliphatic rings. The standard InChI is InChI=1S/C15H16BrN3O2/c1-9-5-11(16)7-13(21-2)14(9)19-15(20)10-3-4-18-12(6-10)8-17/h3-7H,8,17H2,1-2H3,(H,19,20). The second kappa shape index (κ2) is 6.69. The van der Waals surface area contributed by atoms with Crippen LogP contribution in [-0.4, -0.2) is 18.0 Å². The quantitative estimate of drug-likeness (QED) is 0.889. The summed E-state index contributed by atoms with van der Waals surface area (Å²) in [6.07, 6.45) is 1.57. The molecule has 3 N–H and O–H groups in total. The Labute approximate surface area is 131 Å². The maximum Gasteiger partial charge on any atom is 0.255 e. The van der Waals surface area contributed by atoms with Crippen LogP contribution in [0.15, 0.2) is 34.9 Å². The minimum atomic E-state index is -0.226. The third kappa shape index (κ3) is 3.59. The van der Waals surface area contributed by atoms with E-state index < -0.39 is 0 Å². The fourth-order valence-electron chi connectivity index (χ4n) is 1.95. The molecule has 0 radical (unpaired) electrons. The average Bonchev–Trinajstić information content (AvgIpc) is 2.49. The van der Waals surface area contributed by atoms with E-state index in [1.807, 2.05) is 13.0 Å². The van der Waals surface area contributed by atoms with Crippen molar-refractivity contribution in [1.82, 2.24) is 4.98 Å². The van der Waals surface area contributed by atoms with Gasteiger partial charge in [-0.1, -0.05) is 15.9 Å². The molecule has 0 spiro atoms. The Morgan fingerprint density at radius 2 is 2.19 bits per heavy atom. The lowest BCUT2D eigenvalue weighted by molar-refractivity contribution is 0.102. The number of benzene rings is 1. The molecule has 110 valence electrons. The van der Waals surface area contributed by atoms with Crippen LogP contribution in [0.2, 0.25) is 0 Å². The first-order chi connectivity index (χ1) is 10.0. The first kappa shape index (κ1) is 15.5. The van der Waals surface area contributed by atoms with E-state index in [0.717, 1.165) is 10.0 Å². The van der Waals surface area contributed by atoms with Gasteiger partial charge in [-0.3, -0.25) is 9.78 Å². The molecule has 0 unspecified atom stereocenters. The number of nitrogens with one attached hydrogen (secondary N) is 1. The van der Waals surface area contributed by atoms with Crippen LogP contribution in [0.5, 0.6) is 5.75 Å². The van der Waals surface area contributed by atoms with Gasteiger partial charge >= 0.3 is 0 Å². The predicted molar refractivity (Wildman–Crippen MR) is 85.5 cm³/mol. The van der Waals surface area contributed by atoms with Gasteiger partial charge in [0.1, 0.15) is 5.75 Å². The summed E-state index contributed by atoms with van der Waals surface area (Å²) < 4.78 is 6.20. The van der Waals surface area contributed by atoms with Crippen molar-refractivity contribution < 1.29 is 9.53 Å². The molecule has 1 heterocycles. The number of methoxy groups -OCH3 is 1. The summed E-state index contributed by atoms with van der Waals surface area (Å²) in [6.45, 7) is 2.20. The molecule has 0 atom stereocenters. The highest BCUT2D eigenvalue weighted by atomic mass is 79.9. The number of aryl methyl sites for hydroxylation is 1. The van der Waals surface area contributed by atoms with Crippen molar-refractivity contribution >= 4 is 27.5 Å². The maximum absolute atomic E-state index is 12.3. The Morgan fingerprint density at radius 1 is 1.43 bits per heavy atom. The van der Waals surface area contributed by atoms with Gasteiger partial charge in [0.05, 0.1) is 18.5 Å². The van der Waals surface area contributed by atoms with Gasteiger partial charge in [0.2, 0.25) is 0 Å². The van der Waals surface area contributed by atoms with Crippen LogP contribution < -0.4 is 15.8 Å². The van der Waals surface area contributed by atoms with Crippen LogP contribution >= 0.6 is 15.9 Å². The molecule has 2 rings (SSSR count). The van der Waals surface area contributed by atoms with E-state index in [4.69, 9.17) is 10.5 Å². The van der Waals surface area contributed by atoms with Crippen LogP contribution in [0.1, 0.15) is 21.6 Å². The fraction of sp³-hybridized carbons (Fsp3) is 0.200. The van der Waals surface area contributed by atoms with E-state index in [-0.39, 0.29) is 5.91 Å². The van der Waals surface area contributed by atoms with Crippen molar-refractivity contribution in [3.63, 3.8) is 0 Å². The zero-order valence-electron chi connectivity index (χ0n) is 11.8. The number of halogens is 1. The number of hydrogen-bond acceptors (Lipinski definition) is 4. The molecular formula is C15H16BrN3O2. The van der Waals surface area contributed by atoms with Gasteiger partial charge in [0, 0.05) is 22.8 Å². The number of aromatic nitrogens is 1. The van der Waals surface area contributed by atoms with E-state index in [0.29, 0.717) is 29.2 Å². The van der Waals surface area contributed by atoms with Gasteiger partial charge in [0.15, 0.2) is 0 Å². The van der Waals surface area contributed by atoms with Crippen LogP contribution in [0, 0.1) is 6.92 Å². The smallest absolute Gasteiger partial charge is 0.255 e. The van der Waals surface area contributed by atoms with Crippen LogP contribution in [0.4, 0.5) is 5.69 Å². The minimum Gasteiger partial charge on any atom is -0.495 e. The number of anilines is 1. The number of pyridine rings is 1. The van der Waals surface area contributed by atoms with Crippen LogP contribution in [-0.2, 0) is 6.54 Å². The van der Waals surface area contributed by atoms with Gasteiger partial charge in [-0.15, -0.1) is 0 Å². The third-order valence-corrected chi connectivity index (χ3v) is 3.47. The summed E-state index contributed by atoms with van der Waals surface area (Å²) in [4.78, 5) is 16.4. The highest BCUT2D eigenvalue weighted by Gasteiger charge is 2.13. The van der Waals surface area contributed by atoms with E-state index in [9.17, 15) is 4.79 Å². The summed E-state index contributed by atoms with van der Waals surface area (Å²) in [7, 11) is 1.57. The average molecular weight is 350 g/mol. The molecule has 0 fully saturated rings. The Hall–Kier alpha value is -1.92. The maximum atomic E-state index is 12.3. The molecule has 1 amide bonds. The fourth-order valence-corrected chi connectivity index (χ4v) is 2.50. The van der Waals surface area contributed by atoms with Gasteiger partial charge < -0.3 is 15.8 Å². The van der Waals surface area contributed by atoms with E-state index in [1.54, 1.807) is 31.5 Å². The van der Waals surface area contributed by atoms with Crippen molar-refractivity contribution in [2.45, 2.75) is 13.5 Å². The predicted octanol–water partition coefficient (Wildman–Crippen LogP) is 2.87. The lowest BCUT2D eigenvalue weighted by Crippen LogP contribution is -2.14. The van der Waals surface area contributed by atoms with Gasteiger partial charge in [0.25, 0.3) is 5.91 Å². The number of amides is 1. The molecule has 0 saturated heterocycles. The molecule has 0 bridgehead atoms. The number of nitrogens with zero attached hydrogens (tertiary/aromatic N) is 1. The summed E-state index contributed by atoms with van der Waals surface area (Å²) >= 11 is 3.40. The second-order valence-corrected chi connectivity index (χ2v) is 5.41. The normalized spacial score (nSPS) is 10.3. The highest BCUT2D eigenvalue weighted by molar-refractivity contribution is 9.10. The number of carbonyl (C=O) groups excluding carboxylic acids is 1. The van der Waals surface area contributed by atoms with Gasteiger partial charge in [-0.2, -0.15) is 0 Å². The lowest BCUT2D eigenvalue weighted by atomic mass is 10.1. The van der Waals surface area contributed by atoms with E-state index >= 15 is 0 Å². The molecule has 5 nitrogen and oxygen atoms in total. The summed E-state index contributed by atoms with van der Waals surface area (Å²) in [6, 6.07) is 7.04. The molecule has 1 aromatic carbocycles. The van der Waals surface area contributed by atoms with Crippen molar-refractivity contribution in [3.05, 3.63) is 51.8 Å². The van der Waals surface area contributed by atoms with Gasteiger partial charge in [-0.25, -0.2) is 0 Å². The highest BCUT2D eigenvalue weighted by Crippen LogP contribution is 2.32. The Kier molecular flexibility index (Phi) is 4.93. The Balaban J connectivity index is 2.31. The van der Waals surface area contributed by atoms with Crippen molar-refractivity contribution in [3.8, 4) is 5.75 Å². The molecular weight excluding hydrogens is 334 g/mol. The Bertz CT molecular complexity index is 674. The van der Waals surface area contributed by atoms with Crippen molar-refractivity contribution in [2.24, 2.45) is 5.73 Å². The molecule has 0 saturated carbocycles. The Morgan fingerprint density at radius 3 is 2.86 bits per heavy atom. The molecule has 2 aromatic rings. The lowest BCUT2D eigenvalue weighted by Gasteiger charge is -2.14. The second-order valence-electron chi connectivity index (χ2n) is 4.49. The molecule has 21 heavy (non-hydrogen) atoms. The largest absolute Gasteiger partial charge is 0.495 e. The SMILES string of the molecule is COc1cc(Br)cc(C)c1NC(=O)c1ccnc(CN)c1. The van der Waals surface area contributed by atoms with Crippen LogP contribution in [0.25, 0.3) is 0 Å².